The van der Waals surface area contributed by atoms with E-state index < -0.39 is 18.2 Å². The second kappa shape index (κ2) is 9.07. The van der Waals surface area contributed by atoms with Crippen molar-refractivity contribution in [2.75, 3.05) is 20.8 Å². The Morgan fingerprint density at radius 1 is 1.33 bits per heavy atom. The van der Waals surface area contributed by atoms with Crippen LogP contribution in [0.1, 0.15) is 18.5 Å². The molecule has 2 N–H and O–H groups in total. The SMILES string of the molecule is CCOC(=O)C(F)[C@@H](N)c1cc(OC)c(Br)c(OC)c1.Cl. The van der Waals surface area contributed by atoms with Crippen LogP contribution in [0.25, 0.3) is 0 Å². The summed E-state index contributed by atoms with van der Waals surface area (Å²) in [7, 11) is 2.93. The van der Waals surface area contributed by atoms with Gasteiger partial charge < -0.3 is 19.9 Å². The van der Waals surface area contributed by atoms with E-state index >= 15 is 0 Å². The predicted octanol–water partition coefficient (Wildman–Crippen LogP) is 2.79. The van der Waals surface area contributed by atoms with Crippen LogP contribution in [0.3, 0.4) is 0 Å². The minimum atomic E-state index is -1.95. The van der Waals surface area contributed by atoms with E-state index in [-0.39, 0.29) is 19.0 Å². The fourth-order valence-electron chi connectivity index (χ4n) is 1.62. The maximum atomic E-state index is 13.9. The summed E-state index contributed by atoms with van der Waals surface area (Å²) < 4.78 is 29.4. The number of carbonyl (C=O) groups is 1. The molecule has 8 heteroatoms. The van der Waals surface area contributed by atoms with Gasteiger partial charge in [-0.25, -0.2) is 9.18 Å². The smallest absolute Gasteiger partial charge is 0.342 e. The van der Waals surface area contributed by atoms with Crippen molar-refractivity contribution in [1.82, 2.24) is 0 Å². The predicted molar refractivity (Wildman–Crippen MR) is 83.0 cm³/mol. The average molecular weight is 387 g/mol. The number of hydrogen-bond acceptors (Lipinski definition) is 5. The van der Waals surface area contributed by atoms with Crippen LogP contribution in [0.15, 0.2) is 16.6 Å². The van der Waals surface area contributed by atoms with E-state index in [9.17, 15) is 9.18 Å². The summed E-state index contributed by atoms with van der Waals surface area (Å²) in [5.74, 6) is -0.113. The normalized spacial score (nSPS) is 12.9. The minimum absolute atomic E-state index is 0. The lowest BCUT2D eigenvalue weighted by molar-refractivity contribution is -0.149. The zero-order chi connectivity index (χ0) is 15.3. The van der Waals surface area contributed by atoms with Crippen molar-refractivity contribution in [3.05, 3.63) is 22.2 Å². The molecule has 2 atom stereocenters. The summed E-state index contributed by atoms with van der Waals surface area (Å²) >= 11 is 3.30. The molecule has 0 saturated heterocycles. The quantitative estimate of drug-likeness (QED) is 0.761. The first-order valence-electron chi connectivity index (χ1n) is 5.93. The lowest BCUT2D eigenvalue weighted by atomic mass is 10.0. The number of nitrogens with two attached hydrogens (primary N) is 1. The Morgan fingerprint density at radius 3 is 2.19 bits per heavy atom. The van der Waals surface area contributed by atoms with E-state index in [1.54, 1.807) is 19.1 Å². The van der Waals surface area contributed by atoms with Crippen molar-refractivity contribution in [2.45, 2.75) is 19.1 Å². The molecule has 0 spiro atoms. The summed E-state index contributed by atoms with van der Waals surface area (Å²) in [5, 5.41) is 0. The fraction of sp³-hybridized carbons (Fsp3) is 0.462. The standard InChI is InChI=1S/C13H17BrFNO4.ClH/c1-4-20-13(17)11(15)12(16)7-5-8(18-2)10(14)9(6-7)19-3;/h5-6,11-12H,4,16H2,1-3H3;1H/t11?,12-;/m0./s1. The van der Waals surface area contributed by atoms with Gasteiger partial charge in [-0.1, -0.05) is 0 Å². The highest BCUT2D eigenvalue weighted by molar-refractivity contribution is 9.10. The molecular weight excluding hydrogens is 369 g/mol. The molecule has 21 heavy (non-hydrogen) atoms. The number of carbonyl (C=O) groups excluding carboxylic acids is 1. The van der Waals surface area contributed by atoms with E-state index in [0.717, 1.165) is 0 Å². The molecule has 1 unspecified atom stereocenters. The van der Waals surface area contributed by atoms with Gasteiger partial charge in [0, 0.05) is 0 Å². The number of alkyl halides is 1. The Balaban J connectivity index is 0.00000400. The Labute approximate surface area is 137 Å². The van der Waals surface area contributed by atoms with Crippen LogP contribution in [0.2, 0.25) is 0 Å². The molecule has 0 radical (unpaired) electrons. The number of ether oxygens (including phenoxy) is 3. The molecule has 0 aliphatic heterocycles. The number of methoxy groups -OCH3 is 2. The molecule has 0 bridgehead atoms. The zero-order valence-corrected chi connectivity index (χ0v) is 14.3. The second-order valence-electron chi connectivity index (χ2n) is 3.92. The van der Waals surface area contributed by atoms with E-state index in [0.29, 0.717) is 21.5 Å². The van der Waals surface area contributed by atoms with Gasteiger partial charge in [-0.05, 0) is 40.5 Å². The van der Waals surface area contributed by atoms with E-state index in [4.69, 9.17) is 15.2 Å². The summed E-state index contributed by atoms with van der Waals surface area (Å²) in [6.07, 6.45) is -1.95. The van der Waals surface area contributed by atoms with Crippen LogP contribution in [-0.4, -0.2) is 33.0 Å². The molecule has 0 fully saturated rings. The van der Waals surface area contributed by atoms with Gasteiger partial charge in [0.25, 0.3) is 0 Å². The Bertz CT molecular complexity index is 464. The van der Waals surface area contributed by atoms with Gasteiger partial charge in [-0.2, -0.15) is 0 Å². The topological polar surface area (TPSA) is 70.8 Å². The van der Waals surface area contributed by atoms with E-state index in [1.165, 1.54) is 14.2 Å². The van der Waals surface area contributed by atoms with Crippen LogP contribution < -0.4 is 15.2 Å². The van der Waals surface area contributed by atoms with E-state index in [1.807, 2.05) is 0 Å². The lowest BCUT2D eigenvalue weighted by Gasteiger charge is -2.18. The fourth-order valence-corrected chi connectivity index (χ4v) is 2.17. The van der Waals surface area contributed by atoms with Gasteiger partial charge in [-0.3, -0.25) is 0 Å². The molecule has 1 rings (SSSR count). The van der Waals surface area contributed by atoms with Gasteiger partial charge in [0.15, 0.2) is 0 Å². The van der Waals surface area contributed by atoms with Gasteiger partial charge in [0.1, 0.15) is 16.0 Å². The number of esters is 1. The number of rotatable bonds is 6. The first-order chi connectivity index (χ1) is 9.46. The Morgan fingerprint density at radius 2 is 1.81 bits per heavy atom. The third kappa shape index (κ3) is 4.72. The number of benzene rings is 1. The second-order valence-corrected chi connectivity index (χ2v) is 4.71. The van der Waals surface area contributed by atoms with Gasteiger partial charge >= 0.3 is 5.97 Å². The number of hydrogen-bond donors (Lipinski definition) is 1. The molecule has 0 saturated carbocycles. The van der Waals surface area contributed by atoms with Crippen molar-refractivity contribution in [3.8, 4) is 11.5 Å². The van der Waals surface area contributed by atoms with Crippen molar-refractivity contribution < 1.29 is 23.4 Å². The summed E-state index contributed by atoms with van der Waals surface area (Å²) in [6.45, 7) is 1.70. The molecule has 0 heterocycles. The van der Waals surface area contributed by atoms with Crippen molar-refractivity contribution in [2.24, 2.45) is 5.73 Å². The molecule has 5 nitrogen and oxygen atoms in total. The monoisotopic (exact) mass is 385 g/mol. The van der Waals surface area contributed by atoms with Gasteiger partial charge in [0.2, 0.25) is 6.17 Å². The summed E-state index contributed by atoms with van der Waals surface area (Å²) in [6, 6.07) is 1.93. The maximum absolute atomic E-state index is 13.9. The molecule has 120 valence electrons. The third-order valence-electron chi connectivity index (χ3n) is 2.68. The lowest BCUT2D eigenvalue weighted by Crippen LogP contribution is -2.31. The van der Waals surface area contributed by atoms with Gasteiger partial charge in [-0.15, -0.1) is 12.4 Å². The van der Waals surface area contributed by atoms with Crippen LogP contribution in [-0.2, 0) is 9.53 Å². The molecule has 0 aromatic heterocycles. The number of halogens is 3. The molecule has 0 aliphatic carbocycles. The molecule has 0 aliphatic rings. The Kier molecular flexibility index (Phi) is 8.61. The highest BCUT2D eigenvalue weighted by Gasteiger charge is 2.29. The summed E-state index contributed by atoms with van der Waals surface area (Å²) in [5.41, 5.74) is 6.14. The molecule has 1 aromatic rings. The third-order valence-corrected chi connectivity index (χ3v) is 3.46. The van der Waals surface area contributed by atoms with Gasteiger partial charge in [0.05, 0.1) is 26.9 Å². The molecular formula is C13H18BrClFNO4. The summed E-state index contributed by atoms with van der Waals surface area (Å²) in [4.78, 5) is 11.4. The van der Waals surface area contributed by atoms with E-state index in [2.05, 4.69) is 20.7 Å². The largest absolute Gasteiger partial charge is 0.495 e. The van der Waals surface area contributed by atoms with Crippen molar-refractivity contribution in [1.29, 1.82) is 0 Å². The molecule has 0 amide bonds. The first-order valence-corrected chi connectivity index (χ1v) is 6.73. The maximum Gasteiger partial charge on any atom is 0.342 e. The Hall–Kier alpha value is -1.05. The zero-order valence-electron chi connectivity index (χ0n) is 11.9. The highest BCUT2D eigenvalue weighted by Crippen LogP contribution is 2.37. The van der Waals surface area contributed by atoms with Crippen molar-refractivity contribution >= 4 is 34.3 Å². The van der Waals surface area contributed by atoms with Crippen LogP contribution in [0, 0.1) is 0 Å². The first kappa shape index (κ1) is 19.9. The average Bonchev–Trinajstić information content (AvgIpc) is 2.46. The minimum Gasteiger partial charge on any atom is -0.495 e. The van der Waals surface area contributed by atoms with Crippen LogP contribution in [0.5, 0.6) is 11.5 Å². The van der Waals surface area contributed by atoms with Crippen LogP contribution >= 0.6 is 28.3 Å². The molecule has 1 aromatic carbocycles. The van der Waals surface area contributed by atoms with Crippen molar-refractivity contribution in [3.63, 3.8) is 0 Å². The van der Waals surface area contributed by atoms with Crippen LogP contribution in [0.4, 0.5) is 4.39 Å². The highest BCUT2D eigenvalue weighted by atomic mass is 79.9.